The van der Waals surface area contributed by atoms with Crippen LogP contribution in [0, 0.1) is 0 Å². The van der Waals surface area contributed by atoms with Crippen molar-refractivity contribution in [1.82, 2.24) is 24.7 Å². The molecule has 3 heterocycles. The van der Waals surface area contributed by atoms with Crippen LogP contribution in [-0.4, -0.2) is 43.7 Å². The average Bonchev–Trinajstić information content (AvgIpc) is 3.00. The molecule has 0 N–H and O–H groups in total. The van der Waals surface area contributed by atoms with Gasteiger partial charge in [-0.05, 0) is 12.8 Å². The second-order valence-corrected chi connectivity index (χ2v) is 6.91. The van der Waals surface area contributed by atoms with E-state index in [2.05, 4.69) is 31.0 Å². The third kappa shape index (κ3) is 2.66. The van der Waals surface area contributed by atoms with E-state index >= 15 is 0 Å². The molecule has 0 aliphatic carbocycles. The third-order valence-corrected chi connectivity index (χ3v) is 4.95. The topological polar surface area (TPSA) is 63.4 Å². The van der Waals surface area contributed by atoms with Crippen LogP contribution in [0.3, 0.4) is 0 Å². The molecule has 2 aromatic heterocycles. The van der Waals surface area contributed by atoms with Gasteiger partial charge in [0.25, 0.3) is 0 Å². The van der Waals surface area contributed by atoms with Gasteiger partial charge in [0.2, 0.25) is 10.9 Å². The van der Waals surface area contributed by atoms with E-state index in [1.54, 1.807) is 11.3 Å². The number of hydrogen-bond acceptors (Lipinski definition) is 5. The third-order valence-electron chi connectivity index (χ3n) is 3.89. The molecule has 3 rings (SSSR count). The summed E-state index contributed by atoms with van der Waals surface area (Å²) in [7, 11) is 0. The second-order valence-electron chi connectivity index (χ2n) is 5.92. The number of piperidine rings is 1. The minimum absolute atomic E-state index is 0.277. The lowest BCUT2D eigenvalue weighted by Gasteiger charge is -2.31. The lowest BCUT2D eigenvalue weighted by Crippen LogP contribution is -2.39. The van der Waals surface area contributed by atoms with Gasteiger partial charge >= 0.3 is 0 Å². The Morgan fingerprint density at radius 1 is 1.38 bits per heavy atom. The minimum Gasteiger partial charge on any atom is -0.342 e. The maximum atomic E-state index is 11.9. The van der Waals surface area contributed by atoms with Crippen LogP contribution < -0.4 is 0 Å². The van der Waals surface area contributed by atoms with Crippen molar-refractivity contribution in [3.05, 3.63) is 10.8 Å². The van der Waals surface area contributed by atoms with Gasteiger partial charge in [-0.2, -0.15) is 9.61 Å². The normalized spacial score (nSPS) is 19.9. The fourth-order valence-corrected chi connectivity index (χ4v) is 3.75. The Morgan fingerprint density at radius 2 is 2.19 bits per heavy atom. The van der Waals surface area contributed by atoms with Gasteiger partial charge in [0, 0.05) is 31.3 Å². The van der Waals surface area contributed by atoms with Crippen molar-refractivity contribution in [2.45, 2.75) is 51.9 Å². The molecule has 7 heteroatoms. The predicted molar refractivity (Wildman–Crippen MR) is 81.6 cm³/mol. The Bertz CT molecular complexity index is 647. The van der Waals surface area contributed by atoms with Gasteiger partial charge < -0.3 is 4.90 Å². The molecule has 0 saturated carbocycles. The summed E-state index contributed by atoms with van der Waals surface area (Å²) < 4.78 is 1.87. The number of fused-ring (bicyclic) bond motifs is 1. The summed E-state index contributed by atoms with van der Waals surface area (Å²) in [6.45, 7) is 7.93. The first-order valence-electron chi connectivity index (χ1n) is 7.60. The number of carbonyl (C=O) groups is 1. The summed E-state index contributed by atoms with van der Waals surface area (Å²) in [5, 5.41) is 14.2. The molecule has 21 heavy (non-hydrogen) atoms. The number of carbonyl (C=O) groups excluding carboxylic acids is 1. The zero-order valence-electron chi connectivity index (χ0n) is 12.7. The summed E-state index contributed by atoms with van der Waals surface area (Å²) >= 11 is 1.60. The smallest absolute Gasteiger partial charge is 0.234 e. The molecule has 1 saturated heterocycles. The van der Waals surface area contributed by atoms with Crippen molar-refractivity contribution >= 4 is 22.2 Å². The lowest BCUT2D eigenvalue weighted by molar-refractivity contribution is -0.133. The van der Waals surface area contributed by atoms with Crippen LogP contribution >= 0.6 is 11.3 Å². The zero-order chi connectivity index (χ0) is 15.0. The van der Waals surface area contributed by atoms with E-state index in [4.69, 9.17) is 5.10 Å². The van der Waals surface area contributed by atoms with Crippen LogP contribution in [-0.2, 0) is 4.79 Å². The fourth-order valence-electron chi connectivity index (χ4n) is 2.77. The number of rotatable bonds is 4. The standard InChI is InChI=1S/C14H21N5OS/c1-4-7-18-8-10(5-6-11(18)20)13-17-19-12(9(2)3)15-16-14(19)21-13/h9-10H,4-8H2,1-3H3. The summed E-state index contributed by atoms with van der Waals surface area (Å²) in [4.78, 5) is 14.7. The van der Waals surface area contributed by atoms with Crippen LogP contribution in [0.2, 0.25) is 0 Å². The van der Waals surface area contributed by atoms with Gasteiger partial charge in [-0.25, -0.2) is 0 Å². The second kappa shape index (κ2) is 5.71. The highest BCUT2D eigenvalue weighted by Gasteiger charge is 2.29. The van der Waals surface area contributed by atoms with Crippen molar-refractivity contribution in [3.8, 4) is 0 Å². The highest BCUT2D eigenvalue weighted by molar-refractivity contribution is 7.16. The van der Waals surface area contributed by atoms with Crippen molar-refractivity contribution in [2.24, 2.45) is 0 Å². The first-order chi connectivity index (χ1) is 10.1. The Labute approximate surface area is 128 Å². The molecule has 1 unspecified atom stereocenters. The van der Waals surface area contributed by atoms with Gasteiger partial charge in [-0.15, -0.1) is 10.2 Å². The van der Waals surface area contributed by atoms with Crippen LogP contribution in [0.15, 0.2) is 0 Å². The Kier molecular flexibility index (Phi) is 3.93. The molecule has 0 radical (unpaired) electrons. The van der Waals surface area contributed by atoms with Crippen molar-refractivity contribution in [1.29, 1.82) is 0 Å². The zero-order valence-corrected chi connectivity index (χ0v) is 13.6. The highest BCUT2D eigenvalue weighted by atomic mass is 32.1. The number of nitrogens with zero attached hydrogens (tertiary/aromatic N) is 5. The summed E-state index contributed by atoms with van der Waals surface area (Å²) in [5.41, 5.74) is 0. The van der Waals surface area contributed by atoms with Gasteiger partial charge in [0.1, 0.15) is 5.01 Å². The van der Waals surface area contributed by atoms with Gasteiger partial charge in [0.15, 0.2) is 5.82 Å². The van der Waals surface area contributed by atoms with Crippen molar-refractivity contribution in [3.63, 3.8) is 0 Å². The van der Waals surface area contributed by atoms with E-state index < -0.39 is 0 Å². The summed E-state index contributed by atoms with van der Waals surface area (Å²) in [6.07, 6.45) is 2.52. The van der Waals surface area contributed by atoms with E-state index in [1.165, 1.54) is 0 Å². The first-order valence-corrected chi connectivity index (χ1v) is 8.41. The van der Waals surface area contributed by atoms with Gasteiger partial charge in [-0.3, -0.25) is 4.79 Å². The molecular weight excluding hydrogens is 286 g/mol. The Balaban J connectivity index is 1.85. The molecule has 1 atom stereocenters. The molecule has 0 bridgehead atoms. The van der Waals surface area contributed by atoms with Crippen LogP contribution in [0.1, 0.15) is 62.7 Å². The lowest BCUT2D eigenvalue weighted by atomic mass is 9.98. The van der Waals surface area contributed by atoms with Crippen LogP contribution in [0.5, 0.6) is 0 Å². The molecule has 6 nitrogen and oxygen atoms in total. The maximum absolute atomic E-state index is 11.9. The van der Waals surface area contributed by atoms with Gasteiger partial charge in [0.05, 0.1) is 0 Å². The van der Waals surface area contributed by atoms with E-state index in [0.29, 0.717) is 18.3 Å². The first kappa shape index (κ1) is 14.4. The Hall–Kier alpha value is -1.50. The molecule has 1 aliphatic rings. The summed E-state index contributed by atoms with van der Waals surface area (Å²) in [5.74, 6) is 1.82. The highest BCUT2D eigenvalue weighted by Crippen LogP contribution is 2.31. The van der Waals surface area contributed by atoms with Gasteiger partial charge in [-0.1, -0.05) is 32.1 Å². The quantitative estimate of drug-likeness (QED) is 0.870. The van der Waals surface area contributed by atoms with Crippen LogP contribution in [0.4, 0.5) is 0 Å². The van der Waals surface area contributed by atoms with E-state index in [0.717, 1.165) is 41.7 Å². The molecule has 1 amide bonds. The molecule has 0 spiro atoms. The Morgan fingerprint density at radius 3 is 2.90 bits per heavy atom. The minimum atomic E-state index is 0.277. The maximum Gasteiger partial charge on any atom is 0.234 e. The number of hydrogen-bond donors (Lipinski definition) is 0. The number of amides is 1. The fraction of sp³-hybridized carbons (Fsp3) is 0.714. The number of likely N-dealkylation sites (tertiary alicyclic amines) is 1. The molecule has 2 aromatic rings. The molecule has 1 aliphatic heterocycles. The predicted octanol–water partition coefficient (Wildman–Crippen LogP) is 2.43. The molecule has 0 aromatic carbocycles. The van der Waals surface area contributed by atoms with Crippen LogP contribution in [0.25, 0.3) is 4.96 Å². The van der Waals surface area contributed by atoms with E-state index in [9.17, 15) is 4.79 Å². The van der Waals surface area contributed by atoms with Crippen molar-refractivity contribution in [2.75, 3.05) is 13.1 Å². The van der Waals surface area contributed by atoms with Crippen molar-refractivity contribution < 1.29 is 4.79 Å². The monoisotopic (exact) mass is 307 g/mol. The summed E-state index contributed by atoms with van der Waals surface area (Å²) in [6, 6.07) is 0. The van der Waals surface area contributed by atoms with E-state index in [1.807, 2.05) is 9.42 Å². The SMILES string of the molecule is CCCN1CC(c2nn3c(C(C)C)nnc3s2)CCC1=O. The van der Waals surface area contributed by atoms with E-state index in [-0.39, 0.29) is 5.91 Å². The molecular formula is C14H21N5OS. The number of aromatic nitrogens is 4. The molecule has 1 fully saturated rings. The average molecular weight is 307 g/mol. The molecule has 114 valence electrons. The largest absolute Gasteiger partial charge is 0.342 e.